The van der Waals surface area contributed by atoms with Crippen LogP contribution in [0, 0.1) is 0 Å². The molecule has 1 aliphatic rings. The van der Waals surface area contributed by atoms with Crippen LogP contribution in [0.25, 0.3) is 0 Å². The van der Waals surface area contributed by atoms with E-state index in [1.165, 1.54) is 19.3 Å². The average molecular weight is 242 g/mol. The number of nitrogens with zero attached hydrogens (tertiary/aromatic N) is 1. The van der Waals surface area contributed by atoms with Gasteiger partial charge >= 0.3 is 0 Å². The number of amides is 1. The zero-order chi connectivity index (χ0) is 12.5. The highest BCUT2D eigenvalue weighted by atomic mass is 16.3. The van der Waals surface area contributed by atoms with Gasteiger partial charge in [-0.05, 0) is 32.2 Å². The van der Waals surface area contributed by atoms with E-state index in [2.05, 4.69) is 0 Å². The van der Waals surface area contributed by atoms with Crippen molar-refractivity contribution in [2.75, 3.05) is 19.7 Å². The van der Waals surface area contributed by atoms with Gasteiger partial charge in [-0.25, -0.2) is 0 Å². The number of rotatable bonds is 7. The molecule has 0 spiro atoms. The predicted octanol–water partition coefficient (Wildman–Crippen LogP) is 1.27. The zero-order valence-corrected chi connectivity index (χ0v) is 10.7. The van der Waals surface area contributed by atoms with Gasteiger partial charge in [-0.1, -0.05) is 19.3 Å². The molecule has 0 bridgehead atoms. The van der Waals surface area contributed by atoms with Gasteiger partial charge in [-0.15, -0.1) is 0 Å². The number of aliphatic hydroxyl groups is 1. The minimum atomic E-state index is -0.0427. The van der Waals surface area contributed by atoms with E-state index in [9.17, 15) is 4.79 Å². The number of hydrogen-bond acceptors (Lipinski definition) is 3. The Morgan fingerprint density at radius 2 is 1.94 bits per heavy atom. The Hall–Kier alpha value is -0.610. The number of unbranched alkanes of at least 4 members (excludes halogenated alkanes) is 1. The summed E-state index contributed by atoms with van der Waals surface area (Å²) in [6.45, 7) is 1.45. The van der Waals surface area contributed by atoms with Crippen LogP contribution in [0.15, 0.2) is 0 Å². The second kappa shape index (κ2) is 8.48. The van der Waals surface area contributed by atoms with Crippen LogP contribution in [0.3, 0.4) is 0 Å². The molecule has 100 valence electrons. The Kier molecular flexibility index (Phi) is 7.21. The largest absolute Gasteiger partial charge is 0.396 e. The van der Waals surface area contributed by atoms with Gasteiger partial charge in [0.25, 0.3) is 0 Å². The minimum absolute atomic E-state index is 0.0427. The molecule has 4 nitrogen and oxygen atoms in total. The van der Waals surface area contributed by atoms with E-state index in [0.717, 1.165) is 32.2 Å². The molecule has 0 radical (unpaired) electrons. The normalized spacial score (nSPS) is 17.1. The fourth-order valence-electron chi connectivity index (χ4n) is 2.57. The maximum Gasteiger partial charge on any atom is 0.225 e. The summed E-state index contributed by atoms with van der Waals surface area (Å²) in [6.07, 6.45) is 8.20. The van der Waals surface area contributed by atoms with Crippen LogP contribution in [0.4, 0.5) is 0 Å². The Morgan fingerprint density at radius 1 is 1.24 bits per heavy atom. The first-order valence-electron chi connectivity index (χ1n) is 6.90. The van der Waals surface area contributed by atoms with Gasteiger partial charge in [0.2, 0.25) is 5.91 Å². The Balaban J connectivity index is 2.47. The second-order valence-corrected chi connectivity index (χ2v) is 4.85. The van der Waals surface area contributed by atoms with Gasteiger partial charge in [-0.3, -0.25) is 4.79 Å². The molecule has 0 aromatic rings. The van der Waals surface area contributed by atoms with Crippen LogP contribution in [0.1, 0.15) is 51.4 Å². The highest BCUT2D eigenvalue weighted by Crippen LogP contribution is 2.23. The molecule has 0 aromatic carbocycles. The number of hydrogen-bond donors (Lipinski definition) is 2. The van der Waals surface area contributed by atoms with Gasteiger partial charge in [0, 0.05) is 19.0 Å². The molecule has 1 saturated carbocycles. The summed E-state index contributed by atoms with van der Waals surface area (Å²) in [5.74, 6) is 0.108. The molecular weight excluding hydrogens is 216 g/mol. The average Bonchev–Trinajstić information content (AvgIpc) is 2.36. The van der Waals surface area contributed by atoms with Crippen molar-refractivity contribution >= 4 is 5.91 Å². The lowest BCUT2D eigenvalue weighted by molar-refractivity contribution is -0.135. The van der Waals surface area contributed by atoms with E-state index in [4.69, 9.17) is 10.8 Å². The van der Waals surface area contributed by atoms with Gasteiger partial charge < -0.3 is 15.7 Å². The monoisotopic (exact) mass is 242 g/mol. The molecule has 1 fully saturated rings. The van der Waals surface area contributed by atoms with Crippen LogP contribution >= 0.6 is 0 Å². The predicted molar refractivity (Wildman–Crippen MR) is 68.6 cm³/mol. The molecular formula is C13H26N2O2. The lowest BCUT2D eigenvalue weighted by Crippen LogP contribution is -2.42. The third-order valence-corrected chi connectivity index (χ3v) is 3.51. The fourth-order valence-corrected chi connectivity index (χ4v) is 2.57. The molecule has 1 aliphatic carbocycles. The van der Waals surface area contributed by atoms with Crippen molar-refractivity contribution in [2.45, 2.75) is 57.4 Å². The first-order chi connectivity index (χ1) is 8.29. The highest BCUT2D eigenvalue weighted by molar-refractivity contribution is 5.76. The lowest BCUT2D eigenvalue weighted by Gasteiger charge is -2.34. The molecule has 4 heteroatoms. The summed E-state index contributed by atoms with van der Waals surface area (Å²) < 4.78 is 0. The van der Waals surface area contributed by atoms with Crippen LogP contribution in [-0.4, -0.2) is 41.7 Å². The number of carbonyl (C=O) groups excluding carboxylic acids is 1. The van der Waals surface area contributed by atoms with Crippen molar-refractivity contribution in [3.8, 4) is 0 Å². The smallest absolute Gasteiger partial charge is 0.225 e. The van der Waals surface area contributed by atoms with Crippen molar-refractivity contribution in [3.05, 3.63) is 0 Å². The first kappa shape index (κ1) is 14.5. The van der Waals surface area contributed by atoms with Crippen molar-refractivity contribution in [2.24, 2.45) is 5.73 Å². The van der Waals surface area contributed by atoms with Gasteiger partial charge in [-0.2, -0.15) is 0 Å². The minimum Gasteiger partial charge on any atom is -0.396 e. The third-order valence-electron chi connectivity index (χ3n) is 3.51. The van der Waals surface area contributed by atoms with E-state index >= 15 is 0 Å². The standard InChI is InChI=1S/C13H26N2O2/c14-9-4-5-10-15(13(17)8-11-16)12-6-2-1-3-7-12/h12,16H,1-11,14H2. The maximum absolute atomic E-state index is 12.0. The Morgan fingerprint density at radius 3 is 2.53 bits per heavy atom. The van der Waals surface area contributed by atoms with E-state index < -0.39 is 0 Å². The van der Waals surface area contributed by atoms with E-state index in [1.54, 1.807) is 0 Å². The van der Waals surface area contributed by atoms with Gasteiger partial charge in [0.1, 0.15) is 0 Å². The van der Waals surface area contributed by atoms with Gasteiger partial charge in [0.15, 0.2) is 0 Å². The van der Waals surface area contributed by atoms with E-state index in [1.807, 2.05) is 4.90 Å². The quantitative estimate of drug-likeness (QED) is 0.661. The molecule has 17 heavy (non-hydrogen) atoms. The Bertz CT molecular complexity index is 215. The van der Waals surface area contributed by atoms with Crippen LogP contribution in [-0.2, 0) is 4.79 Å². The van der Waals surface area contributed by atoms with Crippen molar-refractivity contribution in [1.82, 2.24) is 4.90 Å². The zero-order valence-electron chi connectivity index (χ0n) is 10.7. The third kappa shape index (κ3) is 5.04. The summed E-state index contributed by atoms with van der Waals surface area (Å²) in [7, 11) is 0. The molecule has 1 amide bonds. The highest BCUT2D eigenvalue weighted by Gasteiger charge is 2.24. The lowest BCUT2D eigenvalue weighted by atomic mass is 9.93. The Labute approximate surface area is 104 Å². The van der Waals surface area contributed by atoms with Crippen LogP contribution in [0.5, 0.6) is 0 Å². The number of aliphatic hydroxyl groups excluding tert-OH is 1. The first-order valence-corrected chi connectivity index (χ1v) is 6.90. The molecule has 3 N–H and O–H groups in total. The fraction of sp³-hybridized carbons (Fsp3) is 0.923. The van der Waals surface area contributed by atoms with E-state index in [-0.39, 0.29) is 18.9 Å². The number of carbonyl (C=O) groups is 1. The second-order valence-electron chi connectivity index (χ2n) is 4.85. The van der Waals surface area contributed by atoms with Gasteiger partial charge in [0.05, 0.1) is 6.61 Å². The molecule has 0 heterocycles. The van der Waals surface area contributed by atoms with Crippen LogP contribution in [0.2, 0.25) is 0 Å². The summed E-state index contributed by atoms with van der Waals surface area (Å²) in [5, 5.41) is 8.89. The summed E-state index contributed by atoms with van der Waals surface area (Å²) in [4.78, 5) is 14.0. The summed E-state index contributed by atoms with van der Waals surface area (Å²) in [6, 6.07) is 0.403. The SMILES string of the molecule is NCCCCN(C(=O)CCO)C1CCCCC1. The molecule has 1 rings (SSSR count). The molecule has 0 unspecified atom stereocenters. The molecule has 0 saturated heterocycles. The van der Waals surface area contributed by atoms with Crippen molar-refractivity contribution in [3.63, 3.8) is 0 Å². The molecule has 0 aromatic heterocycles. The topological polar surface area (TPSA) is 66.6 Å². The summed E-state index contributed by atoms with van der Waals surface area (Å²) in [5.41, 5.74) is 5.48. The maximum atomic E-state index is 12.0. The van der Waals surface area contributed by atoms with Crippen LogP contribution < -0.4 is 5.73 Å². The summed E-state index contributed by atoms with van der Waals surface area (Å²) >= 11 is 0. The van der Waals surface area contributed by atoms with E-state index in [0.29, 0.717) is 12.6 Å². The number of nitrogens with two attached hydrogens (primary N) is 1. The van der Waals surface area contributed by atoms with Crippen molar-refractivity contribution in [1.29, 1.82) is 0 Å². The van der Waals surface area contributed by atoms with Crippen molar-refractivity contribution < 1.29 is 9.90 Å². The molecule has 0 aliphatic heterocycles. The molecule has 0 atom stereocenters.